The number of nitrogens with zero attached hydrogens (tertiary/aromatic N) is 4. The van der Waals surface area contributed by atoms with Gasteiger partial charge in [0.1, 0.15) is 23.0 Å². The second-order valence-corrected chi connectivity index (χ2v) is 7.36. The third-order valence-electron chi connectivity index (χ3n) is 5.04. The maximum atomic E-state index is 14.6. The zero-order chi connectivity index (χ0) is 19.8. The van der Waals surface area contributed by atoms with E-state index in [1.54, 1.807) is 30.7 Å². The lowest BCUT2D eigenvalue weighted by molar-refractivity contribution is 0.0935. The van der Waals surface area contributed by atoms with Gasteiger partial charge in [0.15, 0.2) is 0 Å². The molecule has 2 aromatic heterocycles. The molecule has 146 valence electrons. The lowest BCUT2D eigenvalue weighted by Gasteiger charge is -2.19. The summed E-state index contributed by atoms with van der Waals surface area (Å²) < 4.78 is 18.0. The first-order chi connectivity index (χ1) is 13.4. The predicted molar refractivity (Wildman–Crippen MR) is 103 cm³/mol. The molecule has 0 fully saturated rings. The van der Waals surface area contributed by atoms with Crippen molar-refractivity contribution in [3.8, 4) is 5.69 Å². The summed E-state index contributed by atoms with van der Waals surface area (Å²) in [6, 6.07) is 4.61. The Morgan fingerprint density at radius 3 is 2.93 bits per heavy atom. The number of halogens is 1. The third kappa shape index (κ3) is 3.55. The molecular formula is C20H23FN6O. The Morgan fingerprint density at radius 2 is 2.21 bits per heavy atom. The first-order valence-corrected chi connectivity index (χ1v) is 9.34. The molecule has 7 nitrogen and oxygen atoms in total. The quantitative estimate of drug-likeness (QED) is 0.724. The summed E-state index contributed by atoms with van der Waals surface area (Å²) in [6.45, 7) is 4.38. The highest BCUT2D eigenvalue weighted by Gasteiger charge is 2.21. The Labute approximate surface area is 162 Å². The highest BCUT2D eigenvalue weighted by atomic mass is 19.1. The van der Waals surface area contributed by atoms with Crippen LogP contribution < -0.4 is 11.1 Å². The zero-order valence-corrected chi connectivity index (χ0v) is 15.9. The molecule has 3 aromatic rings. The molecule has 1 aromatic carbocycles. The van der Waals surface area contributed by atoms with Gasteiger partial charge in [0.05, 0.1) is 12.2 Å². The van der Waals surface area contributed by atoms with Crippen molar-refractivity contribution in [1.82, 2.24) is 24.6 Å². The van der Waals surface area contributed by atoms with Gasteiger partial charge in [0.2, 0.25) is 0 Å². The monoisotopic (exact) mass is 382 g/mol. The van der Waals surface area contributed by atoms with Crippen molar-refractivity contribution in [2.24, 2.45) is 5.73 Å². The molecule has 2 unspecified atom stereocenters. The Morgan fingerprint density at radius 1 is 1.39 bits per heavy atom. The summed E-state index contributed by atoms with van der Waals surface area (Å²) in [6.07, 6.45) is 6.81. The van der Waals surface area contributed by atoms with Crippen LogP contribution in [0.25, 0.3) is 5.69 Å². The second kappa shape index (κ2) is 7.20. The molecule has 0 spiro atoms. The maximum Gasteiger partial charge on any atom is 0.271 e. The zero-order valence-electron chi connectivity index (χ0n) is 15.9. The second-order valence-electron chi connectivity index (χ2n) is 7.36. The van der Waals surface area contributed by atoms with E-state index in [1.807, 2.05) is 18.4 Å². The van der Waals surface area contributed by atoms with Crippen molar-refractivity contribution >= 4 is 5.91 Å². The van der Waals surface area contributed by atoms with Gasteiger partial charge in [-0.3, -0.25) is 4.79 Å². The summed E-state index contributed by atoms with van der Waals surface area (Å²) in [5, 5.41) is 7.02. The molecular weight excluding hydrogens is 359 g/mol. The van der Waals surface area contributed by atoms with Crippen LogP contribution in [0.3, 0.4) is 0 Å². The number of rotatable bonds is 4. The van der Waals surface area contributed by atoms with Gasteiger partial charge in [0, 0.05) is 31.4 Å². The van der Waals surface area contributed by atoms with E-state index in [9.17, 15) is 9.18 Å². The topological polar surface area (TPSA) is 90.8 Å². The van der Waals surface area contributed by atoms with Gasteiger partial charge in [-0.25, -0.2) is 14.1 Å². The Kier molecular flexibility index (Phi) is 4.72. The number of hydrogen-bond donors (Lipinski definition) is 2. The molecule has 3 N–H and O–H groups in total. The molecule has 8 heteroatoms. The number of hydrogen-bond acceptors (Lipinski definition) is 4. The van der Waals surface area contributed by atoms with Crippen molar-refractivity contribution in [2.75, 3.05) is 0 Å². The van der Waals surface area contributed by atoms with Crippen molar-refractivity contribution in [3.63, 3.8) is 0 Å². The van der Waals surface area contributed by atoms with Gasteiger partial charge in [-0.1, -0.05) is 6.07 Å². The number of aryl methyl sites for hydroxylation is 2. The van der Waals surface area contributed by atoms with Crippen LogP contribution in [0.2, 0.25) is 0 Å². The highest BCUT2D eigenvalue weighted by Crippen LogP contribution is 2.20. The van der Waals surface area contributed by atoms with Gasteiger partial charge in [-0.15, -0.1) is 0 Å². The fourth-order valence-corrected chi connectivity index (χ4v) is 3.46. The number of aromatic nitrogens is 4. The summed E-state index contributed by atoms with van der Waals surface area (Å²) in [5.41, 5.74) is 8.32. The van der Waals surface area contributed by atoms with Crippen LogP contribution in [-0.2, 0) is 13.0 Å². The summed E-state index contributed by atoms with van der Waals surface area (Å²) in [7, 11) is 0. The fourth-order valence-electron chi connectivity index (χ4n) is 3.46. The number of carbonyl (C=O) groups excluding carboxylic acids is 1. The molecule has 1 aliphatic rings. The average Bonchev–Trinajstić information content (AvgIpc) is 3.27. The Hall–Kier alpha value is -3.00. The third-order valence-corrected chi connectivity index (χ3v) is 5.04. The van der Waals surface area contributed by atoms with Gasteiger partial charge >= 0.3 is 0 Å². The van der Waals surface area contributed by atoms with E-state index in [0.717, 1.165) is 24.2 Å². The lowest BCUT2D eigenvalue weighted by Crippen LogP contribution is -2.31. The molecule has 4 rings (SSSR count). The molecule has 0 saturated carbocycles. The molecule has 0 aliphatic carbocycles. The molecule has 0 radical (unpaired) electrons. The van der Waals surface area contributed by atoms with Crippen molar-refractivity contribution in [3.05, 3.63) is 65.3 Å². The van der Waals surface area contributed by atoms with Crippen LogP contribution in [0.1, 0.15) is 46.8 Å². The molecule has 0 bridgehead atoms. The number of carbonyl (C=O) groups is 1. The van der Waals surface area contributed by atoms with Crippen molar-refractivity contribution in [2.45, 2.75) is 45.3 Å². The lowest BCUT2D eigenvalue weighted by atomic mass is 10.1. The van der Waals surface area contributed by atoms with E-state index >= 15 is 0 Å². The number of benzene rings is 1. The summed E-state index contributed by atoms with van der Waals surface area (Å²) in [5.74, 6) is 0.202. The van der Waals surface area contributed by atoms with Crippen LogP contribution in [0.5, 0.6) is 0 Å². The summed E-state index contributed by atoms with van der Waals surface area (Å²) in [4.78, 5) is 17.0. The van der Waals surface area contributed by atoms with E-state index in [4.69, 9.17) is 5.73 Å². The molecule has 2 atom stereocenters. The van der Waals surface area contributed by atoms with Crippen molar-refractivity contribution in [1.29, 1.82) is 0 Å². The van der Waals surface area contributed by atoms with Gasteiger partial charge in [-0.2, -0.15) is 5.10 Å². The largest absolute Gasteiger partial charge is 0.344 e. The summed E-state index contributed by atoms with van der Waals surface area (Å²) >= 11 is 0. The molecule has 28 heavy (non-hydrogen) atoms. The normalized spacial score (nSPS) is 17.2. The van der Waals surface area contributed by atoms with Crippen LogP contribution in [-0.4, -0.2) is 31.3 Å². The van der Waals surface area contributed by atoms with Crippen LogP contribution in [0, 0.1) is 12.7 Å². The van der Waals surface area contributed by atoms with Gasteiger partial charge in [0.25, 0.3) is 5.91 Å². The van der Waals surface area contributed by atoms with E-state index < -0.39 is 5.82 Å². The van der Waals surface area contributed by atoms with E-state index in [1.165, 1.54) is 10.7 Å². The standard InChI is InChI=1S/C20H23FN6O/c1-12-8-23-27(9-12)18-5-3-14(7-16(18)21)13(2)24-20(28)17-11-26-10-15(22)4-6-19(26)25-17/h3,5,7-9,11,13,15H,4,6,10,22H2,1-2H3,(H,24,28). The number of nitrogens with one attached hydrogen (secondary N) is 1. The first kappa shape index (κ1) is 18.4. The number of imidazole rings is 1. The fraction of sp³-hybridized carbons (Fsp3) is 0.350. The number of fused-ring (bicyclic) bond motifs is 1. The minimum Gasteiger partial charge on any atom is -0.344 e. The number of nitrogens with two attached hydrogens (primary N) is 1. The molecule has 3 heterocycles. The minimum absolute atomic E-state index is 0.0941. The molecule has 1 amide bonds. The minimum atomic E-state index is -0.395. The smallest absolute Gasteiger partial charge is 0.271 e. The maximum absolute atomic E-state index is 14.6. The average molecular weight is 382 g/mol. The predicted octanol–water partition coefficient (Wildman–Crippen LogP) is 2.28. The molecule has 0 saturated heterocycles. The van der Waals surface area contributed by atoms with E-state index in [2.05, 4.69) is 15.4 Å². The first-order valence-electron chi connectivity index (χ1n) is 9.34. The van der Waals surface area contributed by atoms with E-state index in [-0.39, 0.29) is 18.0 Å². The van der Waals surface area contributed by atoms with E-state index in [0.29, 0.717) is 23.5 Å². The van der Waals surface area contributed by atoms with Crippen LogP contribution in [0.15, 0.2) is 36.8 Å². The van der Waals surface area contributed by atoms with Crippen LogP contribution in [0.4, 0.5) is 4.39 Å². The highest BCUT2D eigenvalue weighted by molar-refractivity contribution is 5.92. The molecule has 1 aliphatic heterocycles. The van der Waals surface area contributed by atoms with Crippen molar-refractivity contribution < 1.29 is 9.18 Å². The Bertz CT molecular complexity index is 1020. The van der Waals surface area contributed by atoms with Gasteiger partial charge in [-0.05, 0) is 43.5 Å². The van der Waals surface area contributed by atoms with Crippen LogP contribution >= 0.6 is 0 Å². The Balaban J connectivity index is 1.48. The van der Waals surface area contributed by atoms with Gasteiger partial charge < -0.3 is 15.6 Å². The number of amides is 1. The SMILES string of the molecule is Cc1cnn(-c2ccc(C(C)NC(=O)c3cn4c(n3)CCC(N)C4)cc2F)c1.